The maximum Gasteiger partial charge on any atom is 0.209 e. The summed E-state index contributed by atoms with van der Waals surface area (Å²) in [6.45, 7) is 4.80. The van der Waals surface area contributed by atoms with Crippen molar-refractivity contribution in [2.45, 2.75) is 25.9 Å². The summed E-state index contributed by atoms with van der Waals surface area (Å²) in [4.78, 5) is 0. The largest absolute Gasteiger partial charge is 0.309 e. The predicted octanol–water partition coefficient (Wildman–Crippen LogP) is 0.991. The van der Waals surface area contributed by atoms with Gasteiger partial charge in [0.2, 0.25) is 10.0 Å². The maximum atomic E-state index is 11.3. The number of nitrogens with one attached hydrogen (secondary N) is 2. The molecule has 2 rings (SSSR count). The third kappa shape index (κ3) is 4.26. The van der Waals surface area contributed by atoms with E-state index in [2.05, 4.69) is 15.1 Å². The van der Waals surface area contributed by atoms with Crippen LogP contribution in [0, 0.1) is 0 Å². The fraction of sp³-hybridized carbons (Fsp3) is 0.500. The minimum Gasteiger partial charge on any atom is -0.309 e. The SMILES string of the molecule is Cn1nc(CNCC(C)(C)NS(C)(=O)=O)c2ccccc21. The van der Waals surface area contributed by atoms with Crippen molar-refractivity contribution in [3.8, 4) is 0 Å². The molecule has 1 aromatic carbocycles. The number of para-hydroxylation sites is 1. The van der Waals surface area contributed by atoms with Crippen LogP contribution < -0.4 is 10.0 Å². The Morgan fingerprint density at radius 3 is 2.62 bits per heavy atom. The normalized spacial score (nSPS) is 13.0. The summed E-state index contributed by atoms with van der Waals surface area (Å²) in [5.41, 5.74) is 1.50. The van der Waals surface area contributed by atoms with Gasteiger partial charge in [-0.25, -0.2) is 13.1 Å². The van der Waals surface area contributed by atoms with E-state index in [0.717, 1.165) is 16.6 Å². The van der Waals surface area contributed by atoms with E-state index in [-0.39, 0.29) is 0 Å². The van der Waals surface area contributed by atoms with Crippen molar-refractivity contribution in [3.63, 3.8) is 0 Å². The summed E-state index contributed by atoms with van der Waals surface area (Å²) in [7, 11) is -1.30. The quantitative estimate of drug-likeness (QED) is 0.834. The second kappa shape index (κ2) is 5.75. The van der Waals surface area contributed by atoms with E-state index < -0.39 is 15.6 Å². The number of aromatic nitrogens is 2. The van der Waals surface area contributed by atoms with Crippen molar-refractivity contribution in [1.82, 2.24) is 19.8 Å². The van der Waals surface area contributed by atoms with Crippen LogP contribution in [0.15, 0.2) is 24.3 Å². The second-order valence-corrected chi connectivity index (χ2v) is 7.70. The first-order valence-corrected chi connectivity index (χ1v) is 8.67. The Morgan fingerprint density at radius 2 is 1.95 bits per heavy atom. The zero-order valence-corrected chi connectivity index (χ0v) is 13.7. The minimum atomic E-state index is -3.22. The van der Waals surface area contributed by atoms with Crippen LogP contribution in [0.5, 0.6) is 0 Å². The molecule has 0 amide bonds. The molecular weight excluding hydrogens is 288 g/mol. The van der Waals surface area contributed by atoms with Crippen molar-refractivity contribution in [3.05, 3.63) is 30.0 Å². The monoisotopic (exact) mass is 310 g/mol. The zero-order valence-electron chi connectivity index (χ0n) is 12.8. The molecule has 0 aliphatic carbocycles. The van der Waals surface area contributed by atoms with Gasteiger partial charge < -0.3 is 5.32 Å². The van der Waals surface area contributed by atoms with E-state index in [1.165, 1.54) is 6.26 Å². The lowest BCUT2D eigenvalue weighted by Gasteiger charge is -2.25. The number of hydrogen-bond donors (Lipinski definition) is 2. The van der Waals surface area contributed by atoms with E-state index in [1.807, 2.05) is 49.8 Å². The average Bonchev–Trinajstić information content (AvgIpc) is 2.64. The lowest BCUT2D eigenvalue weighted by atomic mass is 10.1. The number of nitrogens with zero attached hydrogens (tertiary/aromatic N) is 2. The molecule has 0 aliphatic rings. The zero-order chi connectivity index (χ0) is 15.7. The molecule has 0 spiro atoms. The van der Waals surface area contributed by atoms with Crippen molar-refractivity contribution in [2.75, 3.05) is 12.8 Å². The summed E-state index contributed by atoms with van der Waals surface area (Å²) in [6.07, 6.45) is 1.17. The maximum absolute atomic E-state index is 11.3. The Bertz CT molecular complexity index is 735. The van der Waals surface area contributed by atoms with Crippen LogP contribution in [0.3, 0.4) is 0 Å². The number of fused-ring (bicyclic) bond motifs is 1. The van der Waals surface area contributed by atoms with Gasteiger partial charge in [-0.05, 0) is 19.9 Å². The number of sulfonamides is 1. The van der Waals surface area contributed by atoms with E-state index in [9.17, 15) is 8.42 Å². The van der Waals surface area contributed by atoms with Gasteiger partial charge in [0.05, 0.1) is 17.5 Å². The summed E-state index contributed by atoms with van der Waals surface area (Å²) in [6, 6.07) is 8.04. The molecule has 21 heavy (non-hydrogen) atoms. The molecule has 2 aromatic rings. The highest BCUT2D eigenvalue weighted by Crippen LogP contribution is 2.17. The van der Waals surface area contributed by atoms with Crippen molar-refractivity contribution < 1.29 is 8.42 Å². The van der Waals surface area contributed by atoms with Gasteiger partial charge in [-0.3, -0.25) is 4.68 Å². The topological polar surface area (TPSA) is 76.0 Å². The number of hydrogen-bond acceptors (Lipinski definition) is 4. The first kappa shape index (κ1) is 15.9. The molecule has 0 radical (unpaired) electrons. The van der Waals surface area contributed by atoms with Crippen molar-refractivity contribution >= 4 is 20.9 Å². The van der Waals surface area contributed by atoms with E-state index in [1.54, 1.807) is 0 Å². The molecule has 116 valence electrons. The van der Waals surface area contributed by atoms with Gasteiger partial charge in [0.1, 0.15) is 0 Å². The number of aryl methyl sites for hydroxylation is 1. The molecule has 2 N–H and O–H groups in total. The molecule has 7 heteroatoms. The molecule has 0 saturated carbocycles. The van der Waals surface area contributed by atoms with Gasteiger partial charge in [-0.2, -0.15) is 5.10 Å². The Hall–Kier alpha value is -1.44. The molecule has 0 fully saturated rings. The first-order valence-electron chi connectivity index (χ1n) is 6.78. The third-order valence-electron chi connectivity index (χ3n) is 3.16. The fourth-order valence-electron chi connectivity index (χ4n) is 2.45. The molecular formula is C14H22N4O2S. The van der Waals surface area contributed by atoms with Crippen LogP contribution in [0.2, 0.25) is 0 Å². The number of rotatable bonds is 6. The van der Waals surface area contributed by atoms with E-state index in [4.69, 9.17) is 0 Å². The molecule has 0 saturated heterocycles. The molecule has 0 aliphatic heterocycles. The second-order valence-electron chi connectivity index (χ2n) is 5.95. The molecule has 1 aromatic heterocycles. The summed E-state index contributed by atoms with van der Waals surface area (Å²) in [5.74, 6) is 0. The van der Waals surface area contributed by atoms with Crippen LogP contribution in [0.4, 0.5) is 0 Å². The van der Waals surface area contributed by atoms with Crippen LogP contribution in [-0.2, 0) is 23.6 Å². The van der Waals surface area contributed by atoms with Crippen molar-refractivity contribution in [1.29, 1.82) is 0 Å². The van der Waals surface area contributed by atoms with Gasteiger partial charge in [0, 0.05) is 31.1 Å². The highest BCUT2D eigenvalue weighted by atomic mass is 32.2. The van der Waals surface area contributed by atoms with Crippen LogP contribution in [0.25, 0.3) is 10.9 Å². The standard InChI is InChI=1S/C14H22N4O2S/c1-14(2,17-21(4,19)20)10-15-9-12-11-7-5-6-8-13(11)18(3)16-12/h5-8,15,17H,9-10H2,1-4H3. The summed E-state index contributed by atoms with van der Waals surface area (Å²) < 4.78 is 27.1. The smallest absolute Gasteiger partial charge is 0.209 e. The van der Waals surface area contributed by atoms with Gasteiger partial charge in [-0.15, -0.1) is 0 Å². The van der Waals surface area contributed by atoms with Crippen LogP contribution in [0.1, 0.15) is 19.5 Å². The third-order valence-corrected chi connectivity index (χ3v) is 4.08. The van der Waals surface area contributed by atoms with E-state index in [0.29, 0.717) is 13.1 Å². The predicted molar refractivity (Wildman–Crippen MR) is 84.5 cm³/mol. The highest BCUT2D eigenvalue weighted by Gasteiger charge is 2.21. The Balaban J connectivity index is 2.03. The highest BCUT2D eigenvalue weighted by molar-refractivity contribution is 7.88. The Kier molecular flexibility index (Phi) is 4.36. The van der Waals surface area contributed by atoms with Gasteiger partial charge in [0.25, 0.3) is 0 Å². The fourth-order valence-corrected chi connectivity index (χ4v) is 3.53. The molecule has 6 nitrogen and oxygen atoms in total. The van der Waals surface area contributed by atoms with Crippen LogP contribution in [-0.4, -0.2) is 36.5 Å². The molecule has 0 atom stereocenters. The summed E-state index contributed by atoms with van der Waals surface area (Å²) in [5, 5.41) is 8.88. The minimum absolute atomic E-state index is 0.519. The van der Waals surface area contributed by atoms with Gasteiger partial charge >= 0.3 is 0 Å². The van der Waals surface area contributed by atoms with Crippen molar-refractivity contribution in [2.24, 2.45) is 7.05 Å². The van der Waals surface area contributed by atoms with Gasteiger partial charge in [0.15, 0.2) is 0 Å². The lowest BCUT2D eigenvalue weighted by molar-refractivity contribution is 0.419. The van der Waals surface area contributed by atoms with E-state index >= 15 is 0 Å². The first-order chi connectivity index (χ1) is 9.68. The Morgan fingerprint density at radius 1 is 1.29 bits per heavy atom. The molecule has 0 bridgehead atoms. The summed E-state index contributed by atoms with van der Waals surface area (Å²) >= 11 is 0. The van der Waals surface area contributed by atoms with Crippen LogP contribution >= 0.6 is 0 Å². The Labute approximate surface area is 125 Å². The van der Waals surface area contributed by atoms with Gasteiger partial charge in [-0.1, -0.05) is 18.2 Å². The number of benzene rings is 1. The molecule has 1 heterocycles. The lowest BCUT2D eigenvalue weighted by Crippen LogP contribution is -2.49. The average molecular weight is 310 g/mol. The molecule has 0 unspecified atom stereocenters.